The molecule has 8 aromatic carbocycles. The van der Waals surface area contributed by atoms with Gasteiger partial charge in [-0.3, -0.25) is 0 Å². The molecule has 49 heavy (non-hydrogen) atoms. The number of aromatic nitrogens is 3. The molecular weight excluding hydrogens is 615 g/mol. The molecule has 0 amide bonds. The van der Waals surface area contributed by atoms with Gasteiger partial charge in [-0.1, -0.05) is 140 Å². The normalized spacial score (nSPS) is 11.7. The third kappa shape index (κ3) is 4.68. The zero-order chi connectivity index (χ0) is 32.3. The highest BCUT2D eigenvalue weighted by atomic mass is 32.1. The van der Waals surface area contributed by atoms with E-state index in [1.165, 1.54) is 41.9 Å². The summed E-state index contributed by atoms with van der Waals surface area (Å²) in [4.78, 5) is 15.5. The van der Waals surface area contributed by atoms with E-state index in [9.17, 15) is 0 Å². The van der Waals surface area contributed by atoms with Gasteiger partial charge in [-0.25, -0.2) is 15.0 Å². The number of benzene rings is 8. The summed E-state index contributed by atoms with van der Waals surface area (Å²) in [7, 11) is 0. The van der Waals surface area contributed by atoms with Crippen molar-refractivity contribution in [3.05, 3.63) is 164 Å². The van der Waals surface area contributed by atoms with Gasteiger partial charge in [0.2, 0.25) is 0 Å². The quantitative estimate of drug-likeness (QED) is 0.142. The van der Waals surface area contributed by atoms with Gasteiger partial charge in [-0.2, -0.15) is 0 Å². The second-order valence-electron chi connectivity index (χ2n) is 12.4. The van der Waals surface area contributed by atoms with Gasteiger partial charge < -0.3 is 0 Å². The molecule has 0 aliphatic rings. The maximum absolute atomic E-state index is 5.23. The van der Waals surface area contributed by atoms with Crippen molar-refractivity contribution >= 4 is 63.8 Å². The third-order valence-electron chi connectivity index (χ3n) is 9.51. The summed E-state index contributed by atoms with van der Waals surface area (Å²) >= 11 is 1.84. The molecule has 0 fully saturated rings. The van der Waals surface area contributed by atoms with Crippen molar-refractivity contribution < 1.29 is 0 Å². The first-order valence-corrected chi connectivity index (χ1v) is 17.3. The second-order valence-corrected chi connectivity index (χ2v) is 13.5. The molecule has 4 heteroatoms. The molecule has 0 aliphatic carbocycles. The number of rotatable bonds is 4. The Labute approximate surface area is 286 Å². The average Bonchev–Trinajstić information content (AvgIpc) is 3.55. The number of hydrogen-bond donors (Lipinski definition) is 0. The summed E-state index contributed by atoms with van der Waals surface area (Å²) in [6.07, 6.45) is 0. The van der Waals surface area contributed by atoms with Crippen molar-refractivity contribution in [1.29, 1.82) is 0 Å². The van der Waals surface area contributed by atoms with Crippen molar-refractivity contribution in [2.24, 2.45) is 0 Å². The Bertz CT molecular complexity index is 2870. The van der Waals surface area contributed by atoms with Crippen LogP contribution in [0.5, 0.6) is 0 Å². The van der Waals surface area contributed by atoms with Crippen molar-refractivity contribution in [3.8, 4) is 45.3 Å². The molecule has 0 unspecified atom stereocenters. The highest BCUT2D eigenvalue weighted by molar-refractivity contribution is 7.25. The van der Waals surface area contributed by atoms with Crippen LogP contribution in [0.25, 0.3) is 97.8 Å². The van der Waals surface area contributed by atoms with Crippen LogP contribution in [0.15, 0.2) is 164 Å². The van der Waals surface area contributed by atoms with Gasteiger partial charge in [-0.05, 0) is 67.7 Å². The molecule has 0 radical (unpaired) electrons. The van der Waals surface area contributed by atoms with Crippen LogP contribution in [0, 0.1) is 0 Å². The lowest BCUT2D eigenvalue weighted by molar-refractivity contribution is 1.08. The van der Waals surface area contributed by atoms with Crippen LogP contribution in [0.4, 0.5) is 0 Å². The van der Waals surface area contributed by atoms with Crippen LogP contribution < -0.4 is 0 Å². The van der Waals surface area contributed by atoms with Crippen LogP contribution in [-0.4, -0.2) is 15.0 Å². The fourth-order valence-electron chi connectivity index (χ4n) is 7.11. The fraction of sp³-hybridized carbons (Fsp3) is 0. The molecule has 0 saturated carbocycles. The zero-order valence-electron chi connectivity index (χ0n) is 26.3. The summed E-state index contributed by atoms with van der Waals surface area (Å²) in [5, 5.41) is 9.62. The van der Waals surface area contributed by atoms with E-state index < -0.39 is 0 Å². The van der Waals surface area contributed by atoms with Crippen molar-refractivity contribution in [2.45, 2.75) is 0 Å². The monoisotopic (exact) mass is 641 g/mol. The van der Waals surface area contributed by atoms with Gasteiger partial charge in [0, 0.05) is 36.9 Å². The lowest BCUT2D eigenvalue weighted by Crippen LogP contribution is -2.01. The topological polar surface area (TPSA) is 38.7 Å². The fourth-order valence-corrected chi connectivity index (χ4v) is 8.20. The van der Waals surface area contributed by atoms with E-state index in [1.807, 2.05) is 29.5 Å². The van der Waals surface area contributed by atoms with E-state index >= 15 is 0 Å². The SMILES string of the molecule is c1ccc(-c2nc(-c3ccc(-c4ccc5sc6ccccc6c5c4)cc3)nc(-c3c4ccccc4cc4c3ccc3ccccc34)n2)cc1. The molecule has 0 bridgehead atoms. The van der Waals surface area contributed by atoms with E-state index in [1.54, 1.807) is 0 Å². The Morgan fingerprint density at radius 2 is 0.898 bits per heavy atom. The minimum atomic E-state index is 0.650. The minimum Gasteiger partial charge on any atom is -0.208 e. The van der Waals surface area contributed by atoms with Gasteiger partial charge in [0.1, 0.15) is 0 Å². The molecule has 0 saturated heterocycles. The maximum atomic E-state index is 5.23. The van der Waals surface area contributed by atoms with Gasteiger partial charge in [0.05, 0.1) is 0 Å². The molecule has 10 aromatic rings. The summed E-state index contributed by atoms with van der Waals surface area (Å²) in [6, 6.07) is 58.0. The lowest BCUT2D eigenvalue weighted by atomic mass is 9.93. The molecule has 0 aliphatic heterocycles. The highest BCUT2D eigenvalue weighted by Gasteiger charge is 2.18. The van der Waals surface area contributed by atoms with E-state index in [0.717, 1.165) is 38.4 Å². The Balaban J connectivity index is 1.16. The van der Waals surface area contributed by atoms with Gasteiger partial charge in [0.15, 0.2) is 17.5 Å². The minimum absolute atomic E-state index is 0.650. The van der Waals surface area contributed by atoms with E-state index in [0.29, 0.717) is 17.5 Å². The third-order valence-corrected chi connectivity index (χ3v) is 10.7. The van der Waals surface area contributed by atoms with E-state index in [-0.39, 0.29) is 0 Å². The smallest absolute Gasteiger partial charge is 0.165 e. The van der Waals surface area contributed by atoms with E-state index in [2.05, 4.69) is 146 Å². The number of hydrogen-bond acceptors (Lipinski definition) is 4. The second kappa shape index (κ2) is 11.2. The summed E-state index contributed by atoms with van der Waals surface area (Å²) in [6.45, 7) is 0. The molecular formula is C45H27N3S. The Kier molecular flexibility index (Phi) is 6.36. The molecule has 0 N–H and O–H groups in total. The van der Waals surface area contributed by atoms with Gasteiger partial charge in [0.25, 0.3) is 0 Å². The van der Waals surface area contributed by atoms with Gasteiger partial charge in [-0.15, -0.1) is 11.3 Å². The Morgan fingerprint density at radius 3 is 1.71 bits per heavy atom. The van der Waals surface area contributed by atoms with E-state index in [4.69, 9.17) is 15.0 Å². The van der Waals surface area contributed by atoms with Crippen LogP contribution in [0.1, 0.15) is 0 Å². The summed E-state index contributed by atoms with van der Waals surface area (Å²) < 4.78 is 2.62. The van der Waals surface area contributed by atoms with Crippen LogP contribution in [0.2, 0.25) is 0 Å². The number of thiophene rings is 1. The first-order chi connectivity index (χ1) is 24.3. The predicted octanol–water partition coefficient (Wildman–Crippen LogP) is 12.4. The molecule has 10 rings (SSSR count). The molecule has 0 atom stereocenters. The summed E-state index contributed by atoms with van der Waals surface area (Å²) in [5.74, 6) is 1.97. The molecule has 228 valence electrons. The largest absolute Gasteiger partial charge is 0.208 e. The molecule has 2 heterocycles. The zero-order valence-corrected chi connectivity index (χ0v) is 27.2. The van der Waals surface area contributed by atoms with Crippen molar-refractivity contribution in [2.75, 3.05) is 0 Å². The molecule has 0 spiro atoms. The molecule has 3 nitrogen and oxygen atoms in total. The highest BCUT2D eigenvalue weighted by Crippen LogP contribution is 2.40. The Morgan fingerprint density at radius 1 is 0.306 bits per heavy atom. The first-order valence-electron chi connectivity index (χ1n) is 16.4. The number of nitrogens with zero attached hydrogens (tertiary/aromatic N) is 3. The summed E-state index contributed by atoms with van der Waals surface area (Å²) in [5.41, 5.74) is 5.27. The van der Waals surface area contributed by atoms with Crippen LogP contribution >= 0.6 is 11.3 Å². The molecule has 2 aromatic heterocycles. The Hall–Kier alpha value is -6.23. The van der Waals surface area contributed by atoms with Crippen LogP contribution in [-0.2, 0) is 0 Å². The predicted molar refractivity (Wildman–Crippen MR) is 207 cm³/mol. The van der Waals surface area contributed by atoms with Crippen molar-refractivity contribution in [3.63, 3.8) is 0 Å². The maximum Gasteiger partial charge on any atom is 0.165 e. The lowest BCUT2D eigenvalue weighted by Gasteiger charge is -2.14. The first kappa shape index (κ1) is 27.8. The van der Waals surface area contributed by atoms with Crippen LogP contribution in [0.3, 0.4) is 0 Å². The van der Waals surface area contributed by atoms with Gasteiger partial charge >= 0.3 is 0 Å². The number of fused-ring (bicyclic) bond motifs is 7. The standard InChI is InChI=1S/C45H27N3S/c1-2-11-30(12-3-1)43-46-44(31-20-18-28(19-21-31)32-23-25-41-39(26-32)36-16-8-9-17-40(36)49-41)48-45(47-43)42-35-15-7-5-13-33(35)27-38-34-14-6-4-10-29(34)22-24-37(38)42/h1-27H. The van der Waals surface area contributed by atoms with Crippen molar-refractivity contribution in [1.82, 2.24) is 15.0 Å². The average molecular weight is 642 g/mol.